The minimum atomic E-state index is -3.73. The highest BCUT2D eigenvalue weighted by molar-refractivity contribution is 7.89. The zero-order chi connectivity index (χ0) is 17.2. The Balaban J connectivity index is 2.05. The van der Waals surface area contributed by atoms with Gasteiger partial charge in [-0.3, -0.25) is 9.59 Å². The van der Waals surface area contributed by atoms with Crippen LogP contribution in [0.3, 0.4) is 0 Å². The van der Waals surface area contributed by atoms with Crippen LogP contribution in [0.5, 0.6) is 0 Å². The summed E-state index contributed by atoms with van der Waals surface area (Å²) in [5.74, 6) is -0.0773. The average Bonchev–Trinajstić information content (AvgIpc) is 2.81. The summed E-state index contributed by atoms with van der Waals surface area (Å²) in [5, 5.41) is 7.01. The van der Waals surface area contributed by atoms with Gasteiger partial charge in [0.05, 0.1) is 0 Å². The average molecular weight is 339 g/mol. The Morgan fingerprint density at radius 1 is 1.35 bits per heavy atom. The first-order chi connectivity index (χ1) is 10.7. The highest BCUT2D eigenvalue weighted by atomic mass is 32.2. The number of hydrogen-bond acceptors (Lipinski definition) is 4. The van der Waals surface area contributed by atoms with Crippen LogP contribution in [0.4, 0.5) is 11.4 Å². The standard InChI is InChI=1S/C15H21N3O4S/c1-10(2)7-14(19)17-11-3-5-12(6-4-11)18-9-13(8-15(18)20)23(16,21)22/h3-6,10,13H,7-9H2,1-2H3,(H,17,19)(H2,16,21,22). The van der Waals surface area contributed by atoms with Gasteiger partial charge in [0.2, 0.25) is 21.8 Å². The van der Waals surface area contributed by atoms with E-state index in [9.17, 15) is 18.0 Å². The first kappa shape index (κ1) is 17.4. The van der Waals surface area contributed by atoms with Crippen LogP contribution in [0, 0.1) is 5.92 Å². The molecule has 0 spiro atoms. The lowest BCUT2D eigenvalue weighted by atomic mass is 10.1. The van der Waals surface area contributed by atoms with Crippen LogP contribution < -0.4 is 15.4 Å². The molecule has 0 saturated carbocycles. The van der Waals surface area contributed by atoms with Crippen LogP contribution in [0.25, 0.3) is 0 Å². The Labute approximate surface area is 135 Å². The highest BCUT2D eigenvalue weighted by Gasteiger charge is 2.37. The van der Waals surface area contributed by atoms with Crippen molar-refractivity contribution >= 4 is 33.2 Å². The first-order valence-corrected chi connectivity index (χ1v) is 8.99. The second-order valence-electron chi connectivity index (χ2n) is 6.11. The number of hydrogen-bond donors (Lipinski definition) is 2. The maximum atomic E-state index is 12.0. The molecule has 0 aromatic heterocycles. The number of nitrogens with one attached hydrogen (secondary N) is 1. The molecule has 1 atom stereocenters. The van der Waals surface area contributed by atoms with Gasteiger partial charge in [0.25, 0.3) is 0 Å². The third-order valence-electron chi connectivity index (χ3n) is 3.61. The maximum Gasteiger partial charge on any atom is 0.228 e. The van der Waals surface area contributed by atoms with Crippen LogP contribution in [-0.2, 0) is 19.6 Å². The minimum Gasteiger partial charge on any atom is -0.326 e. The van der Waals surface area contributed by atoms with E-state index < -0.39 is 15.3 Å². The normalized spacial score (nSPS) is 18.5. The lowest BCUT2D eigenvalue weighted by molar-refractivity contribution is -0.117. The largest absolute Gasteiger partial charge is 0.326 e. The number of primary sulfonamides is 1. The molecule has 1 saturated heterocycles. The van der Waals surface area contributed by atoms with Crippen LogP contribution in [-0.4, -0.2) is 32.0 Å². The van der Waals surface area contributed by atoms with Gasteiger partial charge in [-0.2, -0.15) is 0 Å². The Morgan fingerprint density at radius 2 is 1.96 bits per heavy atom. The zero-order valence-corrected chi connectivity index (χ0v) is 14.0. The molecule has 7 nitrogen and oxygen atoms in total. The van der Waals surface area contributed by atoms with Crippen molar-refractivity contribution in [2.24, 2.45) is 11.1 Å². The van der Waals surface area contributed by atoms with Gasteiger partial charge < -0.3 is 10.2 Å². The number of anilines is 2. The summed E-state index contributed by atoms with van der Waals surface area (Å²) in [5.41, 5.74) is 1.22. The van der Waals surface area contributed by atoms with E-state index >= 15 is 0 Å². The third-order valence-corrected chi connectivity index (χ3v) is 4.86. The first-order valence-electron chi connectivity index (χ1n) is 7.38. The third kappa shape index (κ3) is 4.52. The summed E-state index contributed by atoms with van der Waals surface area (Å²) < 4.78 is 22.7. The van der Waals surface area contributed by atoms with Crippen molar-refractivity contribution in [1.29, 1.82) is 0 Å². The van der Waals surface area contributed by atoms with Crippen molar-refractivity contribution < 1.29 is 18.0 Å². The van der Waals surface area contributed by atoms with E-state index in [1.54, 1.807) is 24.3 Å². The smallest absolute Gasteiger partial charge is 0.228 e. The highest BCUT2D eigenvalue weighted by Crippen LogP contribution is 2.25. The number of benzene rings is 1. The Kier molecular flexibility index (Phi) is 5.06. The van der Waals surface area contributed by atoms with Crippen LogP contribution in [0.1, 0.15) is 26.7 Å². The van der Waals surface area contributed by atoms with Crippen molar-refractivity contribution in [2.75, 3.05) is 16.8 Å². The zero-order valence-electron chi connectivity index (χ0n) is 13.2. The molecule has 2 amide bonds. The molecular formula is C15H21N3O4S. The molecule has 1 aromatic carbocycles. The number of carbonyl (C=O) groups is 2. The summed E-state index contributed by atoms with van der Waals surface area (Å²) in [6, 6.07) is 6.72. The van der Waals surface area contributed by atoms with Gasteiger partial charge in [0, 0.05) is 30.8 Å². The Hall–Kier alpha value is -1.93. The molecule has 1 unspecified atom stereocenters. The number of nitrogens with zero attached hydrogens (tertiary/aromatic N) is 1. The fraction of sp³-hybridized carbons (Fsp3) is 0.467. The predicted octanol–water partition coefficient (Wildman–Crippen LogP) is 1.07. The van der Waals surface area contributed by atoms with Gasteiger partial charge in [0.15, 0.2) is 0 Å². The second kappa shape index (κ2) is 6.67. The molecule has 0 bridgehead atoms. The molecule has 0 radical (unpaired) electrons. The SMILES string of the molecule is CC(C)CC(=O)Nc1ccc(N2CC(S(N)(=O)=O)CC2=O)cc1. The molecule has 1 aliphatic rings. The summed E-state index contributed by atoms with van der Waals surface area (Å²) in [7, 11) is -3.73. The molecule has 1 heterocycles. The number of carbonyl (C=O) groups excluding carboxylic acids is 2. The van der Waals surface area contributed by atoms with Gasteiger partial charge in [-0.05, 0) is 30.2 Å². The number of rotatable bonds is 5. The molecule has 3 N–H and O–H groups in total. The number of nitrogens with two attached hydrogens (primary N) is 1. The quantitative estimate of drug-likeness (QED) is 0.836. The molecule has 1 aliphatic heterocycles. The minimum absolute atomic E-state index is 0.0523. The van der Waals surface area contributed by atoms with Crippen molar-refractivity contribution in [1.82, 2.24) is 0 Å². The van der Waals surface area contributed by atoms with E-state index in [-0.39, 0.29) is 30.7 Å². The Bertz CT molecular complexity index is 698. The Morgan fingerprint density at radius 3 is 2.43 bits per heavy atom. The number of sulfonamides is 1. The molecule has 1 aromatic rings. The molecule has 8 heteroatoms. The summed E-state index contributed by atoms with van der Waals surface area (Å²) in [6.45, 7) is 3.98. The fourth-order valence-electron chi connectivity index (χ4n) is 2.45. The second-order valence-corrected chi connectivity index (χ2v) is 7.96. The van der Waals surface area contributed by atoms with Crippen molar-refractivity contribution in [3.05, 3.63) is 24.3 Å². The molecule has 1 fully saturated rings. The molecule has 2 rings (SSSR count). The van der Waals surface area contributed by atoms with E-state index in [1.165, 1.54) is 4.90 Å². The van der Waals surface area contributed by atoms with Gasteiger partial charge in [-0.15, -0.1) is 0 Å². The van der Waals surface area contributed by atoms with Gasteiger partial charge in [-0.1, -0.05) is 13.8 Å². The van der Waals surface area contributed by atoms with Gasteiger partial charge in [-0.25, -0.2) is 13.6 Å². The van der Waals surface area contributed by atoms with Crippen LogP contribution in [0.2, 0.25) is 0 Å². The lowest BCUT2D eigenvalue weighted by Gasteiger charge is -2.17. The van der Waals surface area contributed by atoms with Crippen molar-refractivity contribution in [3.8, 4) is 0 Å². The topological polar surface area (TPSA) is 110 Å². The van der Waals surface area contributed by atoms with Gasteiger partial charge >= 0.3 is 0 Å². The molecule has 126 valence electrons. The molecule has 0 aliphatic carbocycles. The monoisotopic (exact) mass is 339 g/mol. The van der Waals surface area contributed by atoms with Crippen LogP contribution >= 0.6 is 0 Å². The van der Waals surface area contributed by atoms with Crippen molar-refractivity contribution in [3.63, 3.8) is 0 Å². The van der Waals surface area contributed by atoms with E-state index in [1.807, 2.05) is 13.8 Å². The van der Waals surface area contributed by atoms with Crippen LogP contribution in [0.15, 0.2) is 24.3 Å². The molecule has 23 heavy (non-hydrogen) atoms. The summed E-state index contributed by atoms with van der Waals surface area (Å²) >= 11 is 0. The summed E-state index contributed by atoms with van der Waals surface area (Å²) in [6.07, 6.45) is 0.327. The van der Waals surface area contributed by atoms with Gasteiger partial charge in [0.1, 0.15) is 5.25 Å². The fourth-order valence-corrected chi connectivity index (χ4v) is 3.18. The lowest BCUT2D eigenvalue weighted by Crippen LogP contribution is -2.32. The summed E-state index contributed by atoms with van der Waals surface area (Å²) in [4.78, 5) is 25.1. The number of amides is 2. The van der Waals surface area contributed by atoms with Crippen molar-refractivity contribution in [2.45, 2.75) is 31.9 Å². The van der Waals surface area contributed by atoms with E-state index in [0.717, 1.165) is 0 Å². The molecular weight excluding hydrogens is 318 g/mol. The van der Waals surface area contributed by atoms with E-state index in [4.69, 9.17) is 5.14 Å². The van der Waals surface area contributed by atoms with E-state index in [2.05, 4.69) is 5.32 Å². The van der Waals surface area contributed by atoms with E-state index in [0.29, 0.717) is 17.8 Å². The predicted molar refractivity (Wildman–Crippen MR) is 88.4 cm³/mol. The maximum absolute atomic E-state index is 12.0.